The van der Waals surface area contributed by atoms with E-state index in [9.17, 15) is 10.1 Å². The highest BCUT2D eigenvalue weighted by atomic mass is 16.3. The van der Waals surface area contributed by atoms with Gasteiger partial charge < -0.3 is 20.0 Å². The second kappa shape index (κ2) is 6.32. The fourth-order valence-electron chi connectivity index (χ4n) is 6.41. The third kappa shape index (κ3) is 2.63. The first-order valence-corrected chi connectivity index (χ1v) is 10.6. The first kappa shape index (κ1) is 18.2. The fourth-order valence-corrected chi connectivity index (χ4v) is 6.41. The van der Waals surface area contributed by atoms with Gasteiger partial charge in [-0.1, -0.05) is 13.8 Å². The molecule has 148 valence electrons. The second-order valence-corrected chi connectivity index (χ2v) is 9.38. The minimum Gasteiger partial charge on any atom is -0.428 e. The van der Waals surface area contributed by atoms with Gasteiger partial charge in [-0.3, -0.25) is 0 Å². The van der Waals surface area contributed by atoms with E-state index < -0.39 is 12.7 Å². The summed E-state index contributed by atoms with van der Waals surface area (Å²) in [5.74, 6) is 1.57. The first-order valence-electron chi connectivity index (χ1n) is 10.6. The molecule has 2 aromatic heterocycles. The van der Waals surface area contributed by atoms with Crippen molar-refractivity contribution in [2.75, 3.05) is 6.54 Å². The lowest BCUT2D eigenvalue weighted by Crippen LogP contribution is -2.56. The average Bonchev–Trinajstić information content (AvgIpc) is 3.10. The molecule has 6 nitrogen and oxygen atoms in total. The van der Waals surface area contributed by atoms with Gasteiger partial charge in [-0.05, 0) is 56.4 Å². The molecular weight excluding hydrogens is 351 g/mol. The van der Waals surface area contributed by atoms with Crippen LogP contribution in [-0.4, -0.2) is 49.9 Å². The number of H-pyrrole nitrogens is 1. The van der Waals surface area contributed by atoms with Crippen LogP contribution >= 0.6 is 0 Å². The summed E-state index contributed by atoms with van der Waals surface area (Å²) in [5.41, 5.74) is 3.27. The van der Waals surface area contributed by atoms with E-state index in [4.69, 9.17) is 5.10 Å². The summed E-state index contributed by atoms with van der Waals surface area (Å²) in [4.78, 5) is 9.50. The molecule has 2 aliphatic carbocycles. The molecule has 0 spiro atoms. The van der Waals surface area contributed by atoms with Crippen molar-refractivity contribution >= 4 is 29.3 Å². The average molecular weight is 380 g/mol. The smallest absolute Gasteiger partial charge is 0.428 e. The Hall–Kier alpha value is -1.86. The van der Waals surface area contributed by atoms with Crippen molar-refractivity contribution in [2.45, 2.75) is 52.1 Å². The maximum absolute atomic E-state index is 11.1. The number of hydrogen-bond donors (Lipinski definition) is 3. The summed E-state index contributed by atoms with van der Waals surface area (Å²) in [6.07, 6.45) is 7.42. The van der Waals surface area contributed by atoms with Gasteiger partial charge in [0.05, 0.1) is 11.3 Å². The quantitative estimate of drug-likeness (QED) is 0.697. The highest BCUT2D eigenvalue weighted by molar-refractivity contribution is 6.66. The van der Waals surface area contributed by atoms with Gasteiger partial charge in [-0.15, -0.1) is 0 Å². The summed E-state index contributed by atoms with van der Waals surface area (Å²) >= 11 is 0. The van der Waals surface area contributed by atoms with Gasteiger partial charge in [-0.2, -0.15) is 5.10 Å². The molecule has 5 atom stereocenters. The highest BCUT2D eigenvalue weighted by Gasteiger charge is 2.51. The molecule has 1 unspecified atom stereocenters. The first-order chi connectivity index (χ1) is 13.4. The van der Waals surface area contributed by atoms with E-state index in [1.807, 2.05) is 19.2 Å². The molecule has 3 heterocycles. The van der Waals surface area contributed by atoms with E-state index in [0.29, 0.717) is 24.3 Å². The second-order valence-electron chi connectivity index (χ2n) is 9.38. The van der Waals surface area contributed by atoms with Gasteiger partial charge >= 0.3 is 7.05 Å². The van der Waals surface area contributed by atoms with E-state index in [2.05, 4.69) is 23.8 Å². The molecule has 2 aromatic rings. The molecule has 5 rings (SSSR count). The molecule has 2 saturated carbocycles. The predicted octanol–water partition coefficient (Wildman–Crippen LogP) is 2.11. The minimum atomic E-state index is -0.767. The maximum Gasteiger partial charge on any atom is 0.468 e. The van der Waals surface area contributed by atoms with Crippen molar-refractivity contribution in [3.63, 3.8) is 0 Å². The van der Waals surface area contributed by atoms with Crippen LogP contribution in [-0.2, 0) is 0 Å². The molecule has 0 saturated heterocycles. The van der Waals surface area contributed by atoms with E-state index in [1.165, 1.54) is 0 Å². The van der Waals surface area contributed by atoms with E-state index in [1.54, 1.807) is 11.1 Å². The van der Waals surface area contributed by atoms with E-state index in [-0.39, 0.29) is 5.92 Å². The number of hydrogen-bond acceptors (Lipinski definition) is 5. The number of aromatic amines is 1. The molecule has 1 aliphatic heterocycles. The highest BCUT2D eigenvalue weighted by Crippen LogP contribution is 2.51. The van der Waals surface area contributed by atoms with Crippen LogP contribution < -0.4 is 5.46 Å². The third-order valence-corrected chi connectivity index (χ3v) is 7.21. The molecule has 0 amide bonds. The molecule has 7 heteroatoms. The maximum atomic E-state index is 11.1. The number of pyridine rings is 1. The summed E-state index contributed by atoms with van der Waals surface area (Å²) in [6.45, 7) is 7.18. The van der Waals surface area contributed by atoms with Gasteiger partial charge in [0, 0.05) is 41.3 Å². The molecule has 2 fully saturated rings. The number of rotatable bonds is 2. The summed E-state index contributed by atoms with van der Waals surface area (Å²) in [7, 11) is -0.767. The fraction of sp³-hybridized carbons (Fsp3) is 0.619. The van der Waals surface area contributed by atoms with Gasteiger partial charge in [0.15, 0.2) is 0 Å². The third-order valence-electron chi connectivity index (χ3n) is 7.21. The molecule has 28 heavy (non-hydrogen) atoms. The van der Waals surface area contributed by atoms with Crippen molar-refractivity contribution < 1.29 is 10.1 Å². The zero-order valence-electron chi connectivity index (χ0n) is 16.9. The number of nitrogens with zero attached hydrogens (tertiary/aromatic N) is 3. The standard InChI is InChI=1S/C21H29BN4O2/c1-4-26-22(28)16-11-24-20-15(5-6-23-20)18(16)19(25-26)17-13(3)9-21(27)8-12(2)7-14(17)10-21/h5-6,11-14,17,27-28H,4,7-10H2,1-3H3,(H,23,24)/t12-,13?,14+,17-,21-/m1/s1. The van der Waals surface area contributed by atoms with Crippen LogP contribution in [0.1, 0.15) is 52.0 Å². The number of aliphatic hydroxyl groups is 1. The summed E-state index contributed by atoms with van der Waals surface area (Å²) in [6, 6.07) is 2.04. The normalized spacial score (nSPS) is 35.1. The zero-order valence-corrected chi connectivity index (χ0v) is 16.9. The molecule has 0 aromatic carbocycles. The summed E-state index contributed by atoms with van der Waals surface area (Å²) in [5, 5.41) is 28.0. The van der Waals surface area contributed by atoms with Crippen LogP contribution in [0.25, 0.3) is 11.0 Å². The lowest BCUT2D eigenvalue weighted by molar-refractivity contribution is -0.0918. The Labute approximate surface area is 166 Å². The van der Waals surface area contributed by atoms with Gasteiger partial charge in [0.1, 0.15) is 5.65 Å². The summed E-state index contributed by atoms with van der Waals surface area (Å²) < 4.78 is 0. The van der Waals surface area contributed by atoms with Crippen molar-refractivity contribution in [3.8, 4) is 0 Å². The van der Waals surface area contributed by atoms with Crippen molar-refractivity contribution in [1.29, 1.82) is 0 Å². The van der Waals surface area contributed by atoms with Crippen LogP contribution in [0.4, 0.5) is 0 Å². The predicted molar refractivity (Wildman–Crippen MR) is 111 cm³/mol. The van der Waals surface area contributed by atoms with Crippen molar-refractivity contribution in [1.82, 2.24) is 14.9 Å². The lowest BCUT2D eigenvalue weighted by atomic mass is 9.55. The van der Waals surface area contributed by atoms with Crippen molar-refractivity contribution in [2.24, 2.45) is 28.8 Å². The number of fused-ring (bicyclic) bond motifs is 5. The molecule has 0 radical (unpaired) electrons. The zero-order chi connectivity index (χ0) is 19.6. The Kier molecular flexibility index (Phi) is 4.11. The minimum absolute atomic E-state index is 0.281. The SMILES string of the molecule is CCN1N=C([C@@H]2C(C)C[C@]3(O)C[C@H](C)C[C@H]2C3)c2c(cnc3[nH]ccc23)B1O. The van der Waals surface area contributed by atoms with Crippen LogP contribution in [0.5, 0.6) is 0 Å². The van der Waals surface area contributed by atoms with Crippen LogP contribution in [0.2, 0.25) is 0 Å². The van der Waals surface area contributed by atoms with Gasteiger partial charge in [0.2, 0.25) is 0 Å². The van der Waals surface area contributed by atoms with Crippen LogP contribution in [0.3, 0.4) is 0 Å². The van der Waals surface area contributed by atoms with Crippen molar-refractivity contribution in [3.05, 3.63) is 24.0 Å². The Balaban J connectivity index is 1.67. The monoisotopic (exact) mass is 380 g/mol. The van der Waals surface area contributed by atoms with Crippen LogP contribution in [0.15, 0.2) is 23.6 Å². The van der Waals surface area contributed by atoms with E-state index >= 15 is 0 Å². The Bertz CT molecular complexity index is 940. The van der Waals surface area contributed by atoms with Crippen LogP contribution in [0, 0.1) is 23.7 Å². The Morgan fingerprint density at radius 1 is 1.32 bits per heavy atom. The number of hydrazone groups is 1. The lowest BCUT2D eigenvalue weighted by Gasteiger charge is -2.52. The largest absolute Gasteiger partial charge is 0.468 e. The van der Waals surface area contributed by atoms with Gasteiger partial charge in [0.25, 0.3) is 0 Å². The van der Waals surface area contributed by atoms with E-state index in [0.717, 1.165) is 53.5 Å². The molecule has 3 aliphatic rings. The Morgan fingerprint density at radius 2 is 2.14 bits per heavy atom. The number of nitrogens with one attached hydrogen (secondary N) is 1. The molecule has 3 N–H and O–H groups in total. The van der Waals surface area contributed by atoms with Gasteiger partial charge in [-0.25, -0.2) is 4.98 Å². The molecular formula is C21H29BN4O2. The molecule has 2 bridgehead atoms. The Morgan fingerprint density at radius 3 is 2.93 bits per heavy atom. The topological polar surface area (TPSA) is 84.7 Å². The number of aromatic nitrogens is 2.